The molecule has 53 heavy (non-hydrogen) atoms. The summed E-state index contributed by atoms with van der Waals surface area (Å²) in [6.07, 6.45) is -8.16. The van der Waals surface area contributed by atoms with E-state index in [0.29, 0.717) is 16.9 Å². The first-order valence-corrected chi connectivity index (χ1v) is 15.1. The van der Waals surface area contributed by atoms with Gasteiger partial charge in [-0.1, -0.05) is 18.2 Å². The van der Waals surface area contributed by atoms with Crippen LogP contribution in [-0.4, -0.2) is 65.6 Å². The Morgan fingerprint density at radius 1 is 0.755 bits per heavy atom. The summed E-state index contributed by atoms with van der Waals surface area (Å²) in [7, 11) is 0. The number of ether oxygens (including phenoxy) is 2. The molecule has 6 rings (SSSR count). The molecule has 4 aromatic rings. The fourth-order valence-electron chi connectivity index (χ4n) is 4.86. The number of imide groups is 2. The van der Waals surface area contributed by atoms with Crippen LogP contribution >= 0.6 is 0 Å². The number of benzene rings is 3. The lowest BCUT2D eigenvalue weighted by atomic mass is 10.2. The molecule has 0 aliphatic carbocycles. The average molecular weight is 746 g/mol. The molecule has 1 aromatic heterocycles. The number of hydrogen-bond acceptors (Lipinski definition) is 8. The van der Waals surface area contributed by atoms with Crippen molar-refractivity contribution in [3.8, 4) is 11.5 Å². The van der Waals surface area contributed by atoms with Crippen molar-refractivity contribution in [1.82, 2.24) is 15.2 Å². The number of carbonyl (C=O) groups excluding carboxylic acids is 5. The van der Waals surface area contributed by atoms with Crippen LogP contribution in [0, 0.1) is 0 Å². The summed E-state index contributed by atoms with van der Waals surface area (Å²) >= 11 is 0. The highest BCUT2D eigenvalue weighted by Crippen LogP contribution is 2.29. The van der Waals surface area contributed by atoms with Crippen molar-refractivity contribution in [3.63, 3.8) is 0 Å². The molecule has 2 aliphatic heterocycles. The molecule has 3 aromatic carbocycles. The number of nitrogens with one attached hydrogen (secondary N) is 3. The third-order valence-electron chi connectivity index (χ3n) is 7.01. The largest absolute Gasteiger partial charge is 0.573 e. The van der Waals surface area contributed by atoms with Gasteiger partial charge in [0.25, 0.3) is 5.91 Å². The number of halogens is 6. The van der Waals surface area contributed by atoms with Crippen LogP contribution in [0.5, 0.6) is 11.5 Å². The maximum Gasteiger partial charge on any atom is 0.573 e. The van der Waals surface area contributed by atoms with Gasteiger partial charge in [0.2, 0.25) is 5.91 Å². The zero-order valence-corrected chi connectivity index (χ0v) is 26.8. The van der Waals surface area contributed by atoms with Crippen molar-refractivity contribution < 1.29 is 59.8 Å². The van der Waals surface area contributed by atoms with Gasteiger partial charge in [-0.05, 0) is 78.4 Å². The Morgan fingerprint density at radius 2 is 1.34 bits per heavy atom. The normalized spacial score (nSPS) is 14.4. The van der Waals surface area contributed by atoms with Gasteiger partial charge in [0.1, 0.15) is 30.4 Å². The number of urea groups is 3. The lowest BCUT2D eigenvalue weighted by molar-refractivity contribution is -0.275. The summed E-state index contributed by atoms with van der Waals surface area (Å²) in [6, 6.07) is 19.4. The van der Waals surface area contributed by atoms with E-state index in [-0.39, 0.29) is 31.1 Å². The first-order chi connectivity index (χ1) is 25.0. The molecule has 2 saturated heterocycles. The molecule has 2 fully saturated rings. The third-order valence-corrected chi connectivity index (χ3v) is 7.01. The highest BCUT2D eigenvalue weighted by Gasteiger charge is 2.38. The van der Waals surface area contributed by atoms with Crippen LogP contribution in [0.4, 0.5) is 63.6 Å². The number of para-hydroxylation sites is 1. The maximum absolute atomic E-state index is 12.8. The minimum Gasteiger partial charge on any atom is -0.406 e. The van der Waals surface area contributed by atoms with Crippen LogP contribution in [-0.2, 0) is 16.1 Å². The molecule has 20 heteroatoms. The SMILES string of the molecule is O=C(Nc1ccccc1)Nc1cc(CN2CC(=O)N(c3ccc(OC(F)(F)F)cc3)C2=O)ccn1.O=C1CN(c2ccc(OC(F)(F)F)cc2)C(=O)N1. The fraction of sp³-hybridized carbons (Fsp3) is 0.152. The second-order valence-corrected chi connectivity index (χ2v) is 10.9. The number of alkyl halides is 6. The molecule has 0 atom stereocenters. The molecule has 14 nitrogen and oxygen atoms in total. The molecule has 3 heterocycles. The van der Waals surface area contributed by atoms with E-state index in [9.17, 15) is 50.3 Å². The molecule has 0 bridgehead atoms. The molecule has 0 saturated carbocycles. The minimum absolute atomic E-state index is 0.0495. The zero-order valence-electron chi connectivity index (χ0n) is 26.8. The highest BCUT2D eigenvalue weighted by atomic mass is 19.4. The van der Waals surface area contributed by atoms with Crippen LogP contribution < -0.4 is 35.2 Å². The number of rotatable bonds is 8. The Kier molecular flexibility index (Phi) is 11.0. The number of aromatic nitrogens is 1. The van der Waals surface area contributed by atoms with E-state index in [0.717, 1.165) is 34.1 Å². The van der Waals surface area contributed by atoms with Gasteiger partial charge in [0, 0.05) is 24.1 Å². The van der Waals surface area contributed by atoms with Gasteiger partial charge in [-0.2, -0.15) is 0 Å². The van der Waals surface area contributed by atoms with E-state index in [1.54, 1.807) is 36.4 Å². The van der Waals surface area contributed by atoms with E-state index in [4.69, 9.17) is 0 Å². The maximum atomic E-state index is 12.8. The van der Waals surface area contributed by atoms with E-state index in [2.05, 4.69) is 30.4 Å². The van der Waals surface area contributed by atoms with Crippen molar-refractivity contribution >= 4 is 52.8 Å². The van der Waals surface area contributed by atoms with Crippen LogP contribution in [0.1, 0.15) is 5.56 Å². The van der Waals surface area contributed by atoms with E-state index in [1.165, 1.54) is 35.4 Å². The van der Waals surface area contributed by atoms with Crippen molar-refractivity contribution in [2.75, 3.05) is 33.5 Å². The molecule has 0 radical (unpaired) electrons. The van der Waals surface area contributed by atoms with Crippen molar-refractivity contribution in [3.05, 3.63) is 103 Å². The number of nitrogens with zero attached hydrogens (tertiary/aromatic N) is 4. The second-order valence-electron chi connectivity index (χ2n) is 10.9. The van der Waals surface area contributed by atoms with Crippen molar-refractivity contribution in [1.29, 1.82) is 0 Å². The van der Waals surface area contributed by atoms with Crippen molar-refractivity contribution in [2.45, 2.75) is 19.3 Å². The molecule has 2 aliphatic rings. The van der Waals surface area contributed by atoms with Gasteiger partial charge in [0.05, 0.1) is 5.69 Å². The summed E-state index contributed by atoms with van der Waals surface area (Å²) < 4.78 is 80.3. The molecule has 0 spiro atoms. The first kappa shape index (κ1) is 37.4. The minimum atomic E-state index is -4.85. The lowest BCUT2D eigenvalue weighted by Crippen LogP contribution is -2.32. The van der Waals surface area contributed by atoms with Gasteiger partial charge in [0.15, 0.2) is 0 Å². The number of amides is 8. The smallest absolute Gasteiger partial charge is 0.406 e. The second kappa shape index (κ2) is 15.6. The molecule has 276 valence electrons. The van der Waals surface area contributed by atoms with E-state index in [1.807, 2.05) is 6.07 Å². The average Bonchev–Trinajstić information content (AvgIpc) is 3.56. The number of pyridine rings is 1. The van der Waals surface area contributed by atoms with Crippen LogP contribution in [0.15, 0.2) is 97.2 Å². The molecule has 3 N–H and O–H groups in total. The lowest BCUT2D eigenvalue weighted by Gasteiger charge is -2.18. The van der Waals surface area contributed by atoms with Gasteiger partial charge >= 0.3 is 30.8 Å². The fourth-order valence-corrected chi connectivity index (χ4v) is 4.86. The monoisotopic (exact) mass is 745 g/mol. The third kappa shape index (κ3) is 10.6. The standard InChI is InChI=1S/C23H18F3N5O4.C10H7F3N2O3/c24-23(25,26)35-18-8-6-17(7-9-18)31-20(32)14-30(22(31)34)13-15-10-11-27-19(12-15)29-21(33)28-16-4-2-1-3-5-16;11-10(12,13)18-7-3-1-6(2-4-7)15-5-8(16)14-9(15)17/h1-12H,13-14H2,(H2,27,28,29,33);1-4H,5H2,(H,14,16,17). The molecular formula is C33H25F6N7O7. The Bertz CT molecular complexity index is 1980. The summed E-state index contributed by atoms with van der Waals surface area (Å²) in [4.78, 5) is 67.0. The molecule has 8 amide bonds. The molecule has 0 unspecified atom stereocenters. The summed E-state index contributed by atoms with van der Waals surface area (Å²) in [5.74, 6) is -1.61. The van der Waals surface area contributed by atoms with Crippen molar-refractivity contribution in [2.24, 2.45) is 0 Å². The summed E-state index contributed by atoms with van der Waals surface area (Å²) in [6.45, 7) is -0.328. The Labute approximate surface area is 294 Å². The quantitative estimate of drug-likeness (QED) is 0.141. The summed E-state index contributed by atoms with van der Waals surface area (Å²) in [5.41, 5.74) is 1.63. The van der Waals surface area contributed by atoms with Crippen LogP contribution in [0.3, 0.4) is 0 Å². The first-order valence-electron chi connectivity index (χ1n) is 15.1. The van der Waals surface area contributed by atoms with Gasteiger partial charge in [-0.3, -0.25) is 25.1 Å². The van der Waals surface area contributed by atoms with Crippen LogP contribution in [0.2, 0.25) is 0 Å². The van der Waals surface area contributed by atoms with E-state index >= 15 is 0 Å². The predicted molar refractivity (Wildman–Crippen MR) is 174 cm³/mol. The number of carbonyl (C=O) groups is 5. The predicted octanol–water partition coefficient (Wildman–Crippen LogP) is 6.23. The Hall–Kier alpha value is -6.86. The van der Waals surface area contributed by atoms with Crippen LogP contribution in [0.25, 0.3) is 0 Å². The Morgan fingerprint density at radius 3 is 1.89 bits per heavy atom. The summed E-state index contributed by atoms with van der Waals surface area (Å²) in [5, 5.41) is 7.31. The van der Waals surface area contributed by atoms with Gasteiger partial charge < -0.3 is 19.7 Å². The van der Waals surface area contributed by atoms with Gasteiger partial charge in [-0.25, -0.2) is 24.3 Å². The number of hydrogen-bond donors (Lipinski definition) is 3. The molecular weight excluding hydrogens is 720 g/mol. The highest BCUT2D eigenvalue weighted by molar-refractivity contribution is 6.19. The number of anilines is 4. The van der Waals surface area contributed by atoms with E-state index < -0.39 is 54.1 Å². The Balaban J connectivity index is 0.000000252. The topological polar surface area (TPSA) is 163 Å². The van der Waals surface area contributed by atoms with Gasteiger partial charge in [-0.15, -0.1) is 26.3 Å². The zero-order chi connectivity index (χ0) is 38.3.